The predicted molar refractivity (Wildman–Crippen MR) is 77.7 cm³/mol. The van der Waals surface area contributed by atoms with Crippen LogP contribution in [0, 0.1) is 5.92 Å². The fourth-order valence-electron chi connectivity index (χ4n) is 2.06. The van der Waals surface area contributed by atoms with Crippen molar-refractivity contribution in [3.63, 3.8) is 0 Å². The Bertz CT molecular complexity index is 451. The first kappa shape index (κ1) is 13.2. The third-order valence-corrected chi connectivity index (χ3v) is 4.03. The molecule has 2 aromatic heterocycles. The summed E-state index contributed by atoms with van der Waals surface area (Å²) in [6.07, 6.45) is 1.85. The minimum atomic E-state index is 0.265. The van der Waals surface area contributed by atoms with E-state index in [1.165, 1.54) is 4.88 Å². The number of thiophene rings is 1. The maximum Gasteiger partial charge on any atom is 0.0570 e. The first-order valence-corrected chi connectivity index (χ1v) is 7.27. The van der Waals surface area contributed by atoms with Crippen LogP contribution in [0.3, 0.4) is 0 Å². The van der Waals surface area contributed by atoms with Crippen molar-refractivity contribution in [1.82, 2.24) is 10.3 Å². The molecule has 0 aromatic carbocycles. The number of hydrogen-bond donors (Lipinski definition) is 1. The van der Waals surface area contributed by atoms with Crippen molar-refractivity contribution in [1.29, 1.82) is 0 Å². The number of nitrogens with one attached hydrogen (secondary N) is 1. The lowest BCUT2D eigenvalue weighted by molar-refractivity contribution is 0.376. The zero-order valence-corrected chi connectivity index (χ0v) is 11.9. The van der Waals surface area contributed by atoms with Gasteiger partial charge in [-0.15, -0.1) is 11.3 Å². The molecule has 2 heterocycles. The van der Waals surface area contributed by atoms with Crippen molar-refractivity contribution in [3.05, 3.63) is 52.5 Å². The van der Waals surface area contributed by atoms with Crippen molar-refractivity contribution in [2.24, 2.45) is 5.92 Å². The number of pyridine rings is 1. The Kier molecular flexibility index (Phi) is 4.50. The molecule has 96 valence electrons. The first-order valence-electron chi connectivity index (χ1n) is 6.39. The van der Waals surface area contributed by atoms with Gasteiger partial charge in [0.15, 0.2) is 0 Å². The average molecular weight is 260 g/mol. The molecule has 2 aromatic rings. The summed E-state index contributed by atoms with van der Waals surface area (Å²) in [5.74, 6) is 0.565. The Morgan fingerprint density at radius 2 is 1.94 bits per heavy atom. The molecular weight excluding hydrogens is 240 g/mol. The fourth-order valence-corrected chi connectivity index (χ4v) is 3.02. The molecule has 0 bridgehead atoms. The molecule has 0 radical (unpaired) electrons. The monoisotopic (exact) mass is 260 g/mol. The Balaban J connectivity index is 2.11. The molecule has 0 spiro atoms. The van der Waals surface area contributed by atoms with E-state index in [-0.39, 0.29) is 6.04 Å². The van der Waals surface area contributed by atoms with Gasteiger partial charge in [0.05, 0.1) is 5.69 Å². The van der Waals surface area contributed by atoms with Gasteiger partial charge < -0.3 is 5.32 Å². The lowest BCUT2D eigenvalue weighted by Crippen LogP contribution is -2.28. The van der Waals surface area contributed by atoms with Crippen molar-refractivity contribution in [2.75, 3.05) is 0 Å². The molecule has 1 N–H and O–H groups in total. The van der Waals surface area contributed by atoms with Gasteiger partial charge in [0.1, 0.15) is 0 Å². The smallest absolute Gasteiger partial charge is 0.0570 e. The van der Waals surface area contributed by atoms with Gasteiger partial charge in [-0.2, -0.15) is 0 Å². The third kappa shape index (κ3) is 3.18. The van der Waals surface area contributed by atoms with Crippen LogP contribution in [0.1, 0.15) is 43.4 Å². The number of aromatic nitrogens is 1. The van der Waals surface area contributed by atoms with E-state index in [9.17, 15) is 0 Å². The van der Waals surface area contributed by atoms with Crippen LogP contribution in [0.15, 0.2) is 41.9 Å². The molecule has 2 nitrogen and oxygen atoms in total. The van der Waals surface area contributed by atoms with E-state index in [1.54, 1.807) is 0 Å². The molecule has 0 saturated heterocycles. The second-order valence-corrected chi connectivity index (χ2v) is 5.86. The molecule has 18 heavy (non-hydrogen) atoms. The summed E-state index contributed by atoms with van der Waals surface area (Å²) in [4.78, 5) is 5.81. The Labute approximate surface area is 113 Å². The Morgan fingerprint density at radius 3 is 2.50 bits per heavy atom. The molecule has 3 heteroatoms. The van der Waals surface area contributed by atoms with E-state index in [0.29, 0.717) is 12.0 Å². The van der Waals surface area contributed by atoms with Gasteiger partial charge in [-0.3, -0.25) is 4.98 Å². The van der Waals surface area contributed by atoms with E-state index in [1.807, 2.05) is 29.7 Å². The second kappa shape index (κ2) is 6.12. The normalized spacial score (nSPS) is 14.7. The fraction of sp³-hybridized carbons (Fsp3) is 0.400. The van der Waals surface area contributed by atoms with Crippen LogP contribution < -0.4 is 5.32 Å². The van der Waals surface area contributed by atoms with E-state index in [2.05, 4.69) is 54.7 Å². The largest absolute Gasteiger partial charge is 0.301 e. The van der Waals surface area contributed by atoms with Gasteiger partial charge in [0.25, 0.3) is 0 Å². The second-order valence-electron chi connectivity index (χ2n) is 4.88. The zero-order chi connectivity index (χ0) is 13.0. The van der Waals surface area contributed by atoms with Crippen LogP contribution in [0.4, 0.5) is 0 Å². The summed E-state index contributed by atoms with van der Waals surface area (Å²) < 4.78 is 0. The van der Waals surface area contributed by atoms with E-state index in [4.69, 9.17) is 0 Å². The minimum Gasteiger partial charge on any atom is -0.301 e. The highest BCUT2D eigenvalue weighted by Gasteiger charge is 2.19. The molecule has 0 aliphatic carbocycles. The summed E-state index contributed by atoms with van der Waals surface area (Å²) in [5, 5.41) is 5.82. The van der Waals surface area contributed by atoms with Crippen LogP contribution in [0.25, 0.3) is 0 Å². The molecule has 2 unspecified atom stereocenters. The molecule has 2 atom stereocenters. The van der Waals surface area contributed by atoms with Crippen molar-refractivity contribution >= 4 is 11.3 Å². The van der Waals surface area contributed by atoms with Crippen LogP contribution in [0.2, 0.25) is 0 Å². The number of nitrogens with zero attached hydrogens (tertiary/aromatic N) is 1. The quantitative estimate of drug-likeness (QED) is 0.872. The summed E-state index contributed by atoms with van der Waals surface area (Å²) in [6.45, 7) is 6.68. The molecule has 0 saturated carbocycles. The Hall–Kier alpha value is -1.19. The number of rotatable bonds is 5. The first-order chi connectivity index (χ1) is 8.68. The molecule has 2 rings (SSSR count). The van der Waals surface area contributed by atoms with Crippen LogP contribution in [-0.4, -0.2) is 4.98 Å². The highest BCUT2D eigenvalue weighted by atomic mass is 32.1. The highest BCUT2D eigenvalue weighted by molar-refractivity contribution is 7.10. The van der Waals surface area contributed by atoms with Gasteiger partial charge in [0.2, 0.25) is 0 Å². The van der Waals surface area contributed by atoms with Gasteiger partial charge in [-0.1, -0.05) is 26.0 Å². The van der Waals surface area contributed by atoms with Crippen LogP contribution in [0.5, 0.6) is 0 Å². The topological polar surface area (TPSA) is 24.9 Å². The summed E-state index contributed by atoms with van der Waals surface area (Å²) in [6, 6.07) is 11.0. The molecule has 0 aliphatic heterocycles. The highest BCUT2D eigenvalue weighted by Crippen LogP contribution is 2.28. The molecule has 0 aliphatic rings. The van der Waals surface area contributed by atoms with Crippen molar-refractivity contribution < 1.29 is 0 Å². The van der Waals surface area contributed by atoms with Gasteiger partial charge in [-0.05, 0) is 36.4 Å². The lowest BCUT2D eigenvalue weighted by Gasteiger charge is -2.25. The number of hydrogen-bond acceptors (Lipinski definition) is 3. The lowest BCUT2D eigenvalue weighted by atomic mass is 10.0. The zero-order valence-electron chi connectivity index (χ0n) is 11.1. The maximum atomic E-state index is 4.41. The van der Waals surface area contributed by atoms with Gasteiger partial charge >= 0.3 is 0 Å². The summed E-state index contributed by atoms with van der Waals surface area (Å²) >= 11 is 1.81. The predicted octanol–water partition coefficient (Wildman–Crippen LogP) is 4.19. The van der Waals surface area contributed by atoms with Crippen molar-refractivity contribution in [3.8, 4) is 0 Å². The summed E-state index contributed by atoms with van der Waals surface area (Å²) in [7, 11) is 0. The standard InChI is InChI=1S/C15H20N2S/c1-11(2)15(14-8-6-10-18-14)17-12(3)13-7-4-5-9-16-13/h4-12,15,17H,1-3H3. The molecule has 0 amide bonds. The molecular formula is C15H20N2S. The average Bonchev–Trinajstić information content (AvgIpc) is 2.90. The third-order valence-electron chi connectivity index (χ3n) is 3.08. The maximum absolute atomic E-state index is 4.41. The van der Waals surface area contributed by atoms with Gasteiger partial charge in [0, 0.05) is 23.2 Å². The minimum absolute atomic E-state index is 0.265. The van der Waals surface area contributed by atoms with Crippen LogP contribution >= 0.6 is 11.3 Å². The van der Waals surface area contributed by atoms with Crippen LogP contribution in [-0.2, 0) is 0 Å². The van der Waals surface area contributed by atoms with Crippen molar-refractivity contribution in [2.45, 2.75) is 32.9 Å². The SMILES string of the molecule is CC(NC(c1cccs1)C(C)C)c1ccccn1. The van der Waals surface area contributed by atoms with E-state index in [0.717, 1.165) is 5.69 Å². The molecule has 0 fully saturated rings. The summed E-state index contributed by atoms with van der Waals surface area (Å²) in [5.41, 5.74) is 1.10. The van der Waals surface area contributed by atoms with E-state index >= 15 is 0 Å². The Morgan fingerprint density at radius 1 is 1.11 bits per heavy atom. The van der Waals surface area contributed by atoms with Gasteiger partial charge in [-0.25, -0.2) is 0 Å². The van der Waals surface area contributed by atoms with E-state index < -0.39 is 0 Å².